The van der Waals surface area contributed by atoms with Crippen molar-refractivity contribution in [3.8, 4) is 0 Å². The van der Waals surface area contributed by atoms with E-state index in [9.17, 15) is 18.0 Å². The van der Waals surface area contributed by atoms with Crippen LogP contribution < -0.4 is 0 Å². The van der Waals surface area contributed by atoms with Gasteiger partial charge in [-0.25, -0.2) is 0 Å². The van der Waals surface area contributed by atoms with Gasteiger partial charge in [-0.05, 0) is 26.7 Å². The molecule has 0 radical (unpaired) electrons. The highest BCUT2D eigenvalue weighted by Gasteiger charge is 2.41. The maximum absolute atomic E-state index is 12.8. The average molecular weight is 246 g/mol. The zero-order valence-corrected chi connectivity index (χ0v) is 9.64. The Kier molecular flexibility index (Phi) is 2.75. The lowest BCUT2D eigenvalue weighted by Gasteiger charge is -2.15. The topological polar surface area (TPSA) is 34.9 Å². The number of hydrogen-bond acceptors (Lipinski definition) is 2. The van der Waals surface area contributed by atoms with Crippen LogP contribution in [0.25, 0.3) is 0 Å². The molecule has 1 aliphatic carbocycles. The van der Waals surface area contributed by atoms with Crippen LogP contribution in [0.15, 0.2) is 0 Å². The number of rotatable bonds is 1. The van der Waals surface area contributed by atoms with Crippen molar-refractivity contribution in [1.82, 2.24) is 9.78 Å². The second kappa shape index (κ2) is 3.85. The van der Waals surface area contributed by atoms with Crippen molar-refractivity contribution in [3.63, 3.8) is 0 Å². The van der Waals surface area contributed by atoms with Gasteiger partial charge in [-0.15, -0.1) is 0 Å². The molecule has 1 aromatic rings. The van der Waals surface area contributed by atoms with Crippen molar-refractivity contribution in [2.75, 3.05) is 0 Å². The molecule has 17 heavy (non-hydrogen) atoms. The molecule has 0 fully saturated rings. The summed E-state index contributed by atoms with van der Waals surface area (Å²) in [4.78, 5) is 11.7. The van der Waals surface area contributed by atoms with E-state index in [4.69, 9.17) is 0 Å². The highest BCUT2D eigenvalue weighted by Crippen LogP contribution is 2.36. The number of ketones is 1. The molecule has 0 saturated carbocycles. The lowest BCUT2D eigenvalue weighted by molar-refractivity contribution is -0.142. The lowest BCUT2D eigenvalue weighted by Crippen LogP contribution is -2.17. The molecule has 2 rings (SSSR count). The molecular weight excluding hydrogens is 233 g/mol. The summed E-state index contributed by atoms with van der Waals surface area (Å²) in [6, 6.07) is -0.248. The Morgan fingerprint density at radius 1 is 1.29 bits per heavy atom. The number of Topliss-reactive ketones (excluding diaryl/α,β-unsaturated/α-hetero) is 1. The van der Waals surface area contributed by atoms with Crippen LogP contribution in [0.3, 0.4) is 0 Å². The number of nitrogens with zero attached hydrogens (tertiary/aromatic N) is 2. The largest absolute Gasteiger partial charge is 0.435 e. The number of carbonyl (C=O) groups excluding carboxylic acids is 1. The first kappa shape index (κ1) is 12.1. The van der Waals surface area contributed by atoms with Crippen molar-refractivity contribution < 1.29 is 18.0 Å². The monoisotopic (exact) mass is 246 g/mol. The van der Waals surface area contributed by atoms with E-state index >= 15 is 0 Å². The number of alkyl halides is 3. The van der Waals surface area contributed by atoms with E-state index in [1.165, 1.54) is 4.68 Å². The van der Waals surface area contributed by atoms with Crippen LogP contribution in [0.1, 0.15) is 54.5 Å². The second-order valence-electron chi connectivity index (χ2n) is 4.49. The summed E-state index contributed by atoms with van der Waals surface area (Å²) in [6.07, 6.45) is -3.42. The van der Waals surface area contributed by atoms with Crippen molar-refractivity contribution in [3.05, 3.63) is 17.0 Å². The second-order valence-corrected chi connectivity index (χ2v) is 4.49. The molecular formula is C11H13F3N2O. The van der Waals surface area contributed by atoms with Crippen LogP contribution in [-0.2, 0) is 12.6 Å². The smallest absolute Gasteiger partial charge is 0.292 e. The fourth-order valence-electron chi connectivity index (χ4n) is 2.15. The highest BCUT2D eigenvalue weighted by atomic mass is 19.4. The first-order valence-electron chi connectivity index (χ1n) is 5.54. The van der Waals surface area contributed by atoms with Crippen LogP contribution >= 0.6 is 0 Å². The minimum absolute atomic E-state index is 0.0717. The van der Waals surface area contributed by atoms with Gasteiger partial charge in [0.25, 0.3) is 0 Å². The van der Waals surface area contributed by atoms with Gasteiger partial charge in [0.05, 0.1) is 0 Å². The Labute approximate surface area is 96.6 Å². The van der Waals surface area contributed by atoms with Crippen LogP contribution in [0.4, 0.5) is 13.2 Å². The Hall–Kier alpha value is -1.33. The van der Waals surface area contributed by atoms with Gasteiger partial charge < -0.3 is 0 Å². The molecule has 0 aliphatic heterocycles. The number of halogens is 3. The van der Waals surface area contributed by atoms with Crippen molar-refractivity contribution in [2.45, 2.75) is 45.3 Å². The fraction of sp³-hybridized carbons (Fsp3) is 0.636. The minimum atomic E-state index is -4.48. The molecule has 0 amide bonds. The van der Waals surface area contributed by atoms with Gasteiger partial charge in [-0.2, -0.15) is 18.3 Å². The molecule has 6 heteroatoms. The van der Waals surface area contributed by atoms with E-state index in [1.54, 1.807) is 13.8 Å². The Balaban J connectivity index is 2.65. The van der Waals surface area contributed by atoms with E-state index < -0.39 is 11.9 Å². The van der Waals surface area contributed by atoms with E-state index in [-0.39, 0.29) is 29.5 Å². The summed E-state index contributed by atoms with van der Waals surface area (Å²) in [6.45, 7) is 3.44. The number of carbonyl (C=O) groups is 1. The van der Waals surface area contributed by atoms with Crippen molar-refractivity contribution >= 4 is 5.78 Å². The normalized spacial score (nSPS) is 16.5. The van der Waals surface area contributed by atoms with Gasteiger partial charge in [-0.3, -0.25) is 9.48 Å². The molecule has 3 nitrogen and oxygen atoms in total. The van der Waals surface area contributed by atoms with E-state index in [0.717, 1.165) is 0 Å². The summed E-state index contributed by atoms with van der Waals surface area (Å²) in [7, 11) is 0. The predicted octanol–water partition coefficient (Wildman–Crippen LogP) is 3.00. The fourth-order valence-corrected chi connectivity index (χ4v) is 2.15. The van der Waals surface area contributed by atoms with Gasteiger partial charge in [0.2, 0.25) is 0 Å². The van der Waals surface area contributed by atoms with Gasteiger partial charge in [0.1, 0.15) is 5.69 Å². The summed E-state index contributed by atoms with van der Waals surface area (Å²) >= 11 is 0. The molecule has 0 spiro atoms. The summed E-state index contributed by atoms with van der Waals surface area (Å²) < 4.78 is 39.6. The zero-order chi connectivity index (χ0) is 12.8. The van der Waals surface area contributed by atoms with Gasteiger partial charge in [-0.1, -0.05) is 0 Å². The quantitative estimate of drug-likeness (QED) is 0.763. The predicted molar refractivity (Wildman–Crippen MR) is 54.9 cm³/mol. The Morgan fingerprint density at radius 2 is 1.94 bits per heavy atom. The molecule has 1 aliphatic rings. The van der Waals surface area contributed by atoms with E-state index in [1.807, 2.05) is 0 Å². The van der Waals surface area contributed by atoms with Crippen molar-refractivity contribution in [2.24, 2.45) is 0 Å². The maximum atomic E-state index is 12.8. The molecule has 0 bridgehead atoms. The van der Waals surface area contributed by atoms with Crippen LogP contribution in [-0.4, -0.2) is 15.6 Å². The molecule has 1 aromatic heterocycles. The van der Waals surface area contributed by atoms with Gasteiger partial charge >= 0.3 is 6.18 Å². The molecule has 0 saturated heterocycles. The summed E-state index contributed by atoms with van der Waals surface area (Å²) in [5, 5.41) is 3.58. The minimum Gasteiger partial charge on any atom is -0.292 e. The van der Waals surface area contributed by atoms with Gasteiger partial charge in [0, 0.05) is 18.0 Å². The molecule has 0 atom stereocenters. The Bertz CT molecular complexity index is 460. The molecule has 0 N–H and O–H groups in total. The molecule has 0 aromatic carbocycles. The third-order valence-electron chi connectivity index (χ3n) is 2.86. The number of hydrogen-bond donors (Lipinski definition) is 0. The van der Waals surface area contributed by atoms with Crippen LogP contribution in [0, 0.1) is 0 Å². The van der Waals surface area contributed by atoms with E-state index in [2.05, 4.69) is 5.10 Å². The molecule has 1 heterocycles. The van der Waals surface area contributed by atoms with Gasteiger partial charge in [0.15, 0.2) is 11.5 Å². The lowest BCUT2D eigenvalue weighted by atomic mass is 9.94. The Morgan fingerprint density at radius 3 is 2.47 bits per heavy atom. The SMILES string of the molecule is CC(C)n1nc(C(F)(F)F)c2c1C(=O)CCC2. The summed E-state index contributed by atoms with van der Waals surface area (Å²) in [5.74, 6) is -0.233. The highest BCUT2D eigenvalue weighted by molar-refractivity contribution is 5.97. The average Bonchev–Trinajstić information content (AvgIpc) is 2.57. The third-order valence-corrected chi connectivity index (χ3v) is 2.86. The molecule has 0 unspecified atom stereocenters. The maximum Gasteiger partial charge on any atom is 0.435 e. The van der Waals surface area contributed by atoms with Crippen LogP contribution in [0.5, 0.6) is 0 Å². The van der Waals surface area contributed by atoms with E-state index in [0.29, 0.717) is 12.8 Å². The zero-order valence-electron chi connectivity index (χ0n) is 9.64. The molecule has 94 valence electrons. The van der Waals surface area contributed by atoms with Crippen molar-refractivity contribution in [1.29, 1.82) is 0 Å². The number of aromatic nitrogens is 2. The van der Waals surface area contributed by atoms with Crippen LogP contribution in [0.2, 0.25) is 0 Å². The first-order valence-corrected chi connectivity index (χ1v) is 5.54. The first-order chi connectivity index (χ1) is 7.82. The number of fused-ring (bicyclic) bond motifs is 1. The summed E-state index contributed by atoms with van der Waals surface area (Å²) in [5.41, 5.74) is -0.671. The third kappa shape index (κ3) is 1.96. The standard InChI is InChI=1S/C11H13F3N2O/c1-6(2)16-9-7(4-3-5-8(9)17)10(15-16)11(12,13)14/h6H,3-5H2,1-2H3.